The van der Waals surface area contributed by atoms with E-state index in [9.17, 15) is 4.79 Å². The topological polar surface area (TPSA) is 64.3 Å². The van der Waals surface area contributed by atoms with E-state index >= 15 is 0 Å². The summed E-state index contributed by atoms with van der Waals surface area (Å²) in [6, 6.07) is 5.09. The smallest absolute Gasteiger partial charge is 0.251 e. The lowest BCUT2D eigenvalue weighted by atomic mass is 10.00. The highest BCUT2D eigenvalue weighted by atomic mass is 16.5. The van der Waals surface area contributed by atoms with Crippen molar-refractivity contribution in [3.63, 3.8) is 0 Å². The van der Waals surface area contributed by atoms with Crippen molar-refractivity contribution in [1.29, 1.82) is 0 Å². The van der Waals surface area contributed by atoms with Gasteiger partial charge >= 0.3 is 0 Å². The number of methoxy groups -OCH3 is 1. The standard InChI is InChI=1S/C14H20N2O2/c1-14(5-3-4-6-14)16-13(17)10-7-11(15)9-12(8-10)18-2/h7-9H,3-6,15H2,1-2H3,(H,16,17). The largest absolute Gasteiger partial charge is 0.497 e. The Bertz CT molecular complexity index is 451. The van der Waals surface area contributed by atoms with Gasteiger partial charge in [-0.3, -0.25) is 4.79 Å². The second kappa shape index (κ2) is 4.88. The average Bonchev–Trinajstić information content (AvgIpc) is 2.74. The molecule has 0 spiro atoms. The number of hydrogen-bond acceptors (Lipinski definition) is 3. The molecule has 1 aliphatic carbocycles. The second-order valence-electron chi connectivity index (χ2n) is 5.22. The lowest BCUT2D eigenvalue weighted by molar-refractivity contribution is 0.0908. The number of anilines is 1. The van der Waals surface area contributed by atoms with Gasteiger partial charge in [0.25, 0.3) is 5.91 Å². The van der Waals surface area contributed by atoms with Crippen molar-refractivity contribution < 1.29 is 9.53 Å². The van der Waals surface area contributed by atoms with E-state index in [4.69, 9.17) is 10.5 Å². The van der Waals surface area contributed by atoms with Gasteiger partial charge in [0.2, 0.25) is 0 Å². The minimum atomic E-state index is -0.0787. The first-order chi connectivity index (χ1) is 8.52. The summed E-state index contributed by atoms with van der Waals surface area (Å²) < 4.78 is 5.12. The van der Waals surface area contributed by atoms with E-state index in [0.717, 1.165) is 12.8 Å². The summed E-state index contributed by atoms with van der Waals surface area (Å²) in [6.45, 7) is 2.10. The third-order valence-electron chi connectivity index (χ3n) is 3.55. The minimum Gasteiger partial charge on any atom is -0.497 e. The van der Waals surface area contributed by atoms with E-state index in [1.165, 1.54) is 12.8 Å². The van der Waals surface area contributed by atoms with Gasteiger partial charge < -0.3 is 15.8 Å². The monoisotopic (exact) mass is 248 g/mol. The Morgan fingerprint density at radius 1 is 1.33 bits per heavy atom. The zero-order valence-electron chi connectivity index (χ0n) is 11.0. The molecule has 0 aromatic heterocycles. The van der Waals surface area contributed by atoms with Gasteiger partial charge in [0, 0.05) is 22.9 Å². The third-order valence-corrected chi connectivity index (χ3v) is 3.55. The van der Waals surface area contributed by atoms with E-state index in [1.807, 2.05) is 0 Å². The molecule has 1 saturated carbocycles. The molecular formula is C14H20N2O2. The molecule has 1 aliphatic rings. The van der Waals surface area contributed by atoms with Crippen molar-refractivity contribution in [3.05, 3.63) is 23.8 Å². The molecule has 0 unspecified atom stereocenters. The predicted octanol–water partition coefficient (Wildman–Crippen LogP) is 2.34. The summed E-state index contributed by atoms with van der Waals surface area (Å²) in [7, 11) is 1.56. The molecule has 2 rings (SSSR count). The molecule has 1 aromatic rings. The van der Waals surface area contributed by atoms with Gasteiger partial charge in [-0.05, 0) is 31.9 Å². The van der Waals surface area contributed by atoms with E-state index in [1.54, 1.807) is 25.3 Å². The first kappa shape index (κ1) is 12.7. The Hall–Kier alpha value is -1.71. The molecule has 4 heteroatoms. The highest BCUT2D eigenvalue weighted by Crippen LogP contribution is 2.29. The second-order valence-corrected chi connectivity index (χ2v) is 5.22. The molecule has 0 radical (unpaired) electrons. The quantitative estimate of drug-likeness (QED) is 0.807. The number of carbonyl (C=O) groups excluding carboxylic acids is 1. The van der Waals surface area contributed by atoms with Crippen LogP contribution in [0.25, 0.3) is 0 Å². The van der Waals surface area contributed by atoms with Crippen LogP contribution in [0.3, 0.4) is 0 Å². The summed E-state index contributed by atoms with van der Waals surface area (Å²) in [5.74, 6) is 0.529. The van der Waals surface area contributed by atoms with E-state index in [0.29, 0.717) is 17.0 Å². The van der Waals surface area contributed by atoms with Crippen molar-refractivity contribution in [1.82, 2.24) is 5.32 Å². The summed E-state index contributed by atoms with van der Waals surface area (Å²) in [5, 5.41) is 3.10. The van der Waals surface area contributed by atoms with Gasteiger partial charge in [-0.2, -0.15) is 0 Å². The third kappa shape index (κ3) is 2.75. The number of hydrogen-bond donors (Lipinski definition) is 2. The number of nitrogens with one attached hydrogen (secondary N) is 1. The number of benzene rings is 1. The van der Waals surface area contributed by atoms with Gasteiger partial charge in [-0.15, -0.1) is 0 Å². The molecule has 98 valence electrons. The van der Waals surface area contributed by atoms with Crippen LogP contribution in [0.1, 0.15) is 43.0 Å². The highest BCUT2D eigenvalue weighted by molar-refractivity contribution is 5.96. The van der Waals surface area contributed by atoms with Crippen LogP contribution in [-0.4, -0.2) is 18.6 Å². The molecule has 1 amide bonds. The number of nitrogen functional groups attached to an aromatic ring is 1. The summed E-state index contributed by atoms with van der Waals surface area (Å²) >= 11 is 0. The molecule has 0 saturated heterocycles. The normalized spacial score (nSPS) is 17.4. The molecular weight excluding hydrogens is 228 g/mol. The molecule has 0 heterocycles. The van der Waals surface area contributed by atoms with Gasteiger partial charge in [0.1, 0.15) is 5.75 Å². The van der Waals surface area contributed by atoms with Crippen LogP contribution in [0.2, 0.25) is 0 Å². The Kier molecular flexibility index (Phi) is 3.45. The van der Waals surface area contributed by atoms with Crippen LogP contribution < -0.4 is 15.8 Å². The zero-order valence-corrected chi connectivity index (χ0v) is 11.0. The fraction of sp³-hybridized carbons (Fsp3) is 0.500. The molecule has 4 nitrogen and oxygen atoms in total. The summed E-state index contributed by atoms with van der Waals surface area (Å²) in [4.78, 5) is 12.2. The first-order valence-electron chi connectivity index (χ1n) is 6.29. The van der Waals surface area contributed by atoms with Crippen molar-refractivity contribution in [2.24, 2.45) is 0 Å². The SMILES string of the molecule is COc1cc(N)cc(C(=O)NC2(C)CCCC2)c1. The fourth-order valence-electron chi connectivity index (χ4n) is 2.50. The maximum absolute atomic E-state index is 12.2. The Morgan fingerprint density at radius 3 is 2.61 bits per heavy atom. The van der Waals surface area contributed by atoms with Crippen molar-refractivity contribution in [3.8, 4) is 5.75 Å². The van der Waals surface area contributed by atoms with Crippen molar-refractivity contribution in [2.75, 3.05) is 12.8 Å². The first-order valence-corrected chi connectivity index (χ1v) is 6.29. The number of carbonyl (C=O) groups is 1. The van der Waals surface area contributed by atoms with Gasteiger partial charge in [0.15, 0.2) is 0 Å². The zero-order chi connectivity index (χ0) is 13.2. The van der Waals surface area contributed by atoms with Crippen LogP contribution in [0.4, 0.5) is 5.69 Å². The number of ether oxygens (including phenoxy) is 1. The maximum atomic E-state index is 12.2. The Morgan fingerprint density at radius 2 is 2.00 bits per heavy atom. The van der Waals surface area contributed by atoms with Crippen molar-refractivity contribution >= 4 is 11.6 Å². The summed E-state index contributed by atoms with van der Waals surface area (Å²) in [5.41, 5.74) is 6.77. The molecule has 1 fully saturated rings. The van der Waals surface area contributed by atoms with E-state index < -0.39 is 0 Å². The van der Waals surface area contributed by atoms with Crippen molar-refractivity contribution in [2.45, 2.75) is 38.1 Å². The number of nitrogens with two attached hydrogens (primary N) is 1. The maximum Gasteiger partial charge on any atom is 0.251 e. The van der Waals surface area contributed by atoms with E-state index in [-0.39, 0.29) is 11.4 Å². The van der Waals surface area contributed by atoms with Crippen LogP contribution in [0.15, 0.2) is 18.2 Å². The van der Waals surface area contributed by atoms with Gasteiger partial charge in [-0.25, -0.2) is 0 Å². The molecule has 3 N–H and O–H groups in total. The fourth-order valence-corrected chi connectivity index (χ4v) is 2.50. The Balaban J connectivity index is 2.15. The van der Waals surface area contributed by atoms with Crippen LogP contribution >= 0.6 is 0 Å². The number of rotatable bonds is 3. The lowest BCUT2D eigenvalue weighted by Crippen LogP contribution is -2.43. The Labute approximate surface area is 108 Å². The van der Waals surface area contributed by atoms with E-state index in [2.05, 4.69) is 12.2 Å². The average molecular weight is 248 g/mol. The lowest BCUT2D eigenvalue weighted by Gasteiger charge is -2.25. The molecule has 0 atom stereocenters. The molecule has 18 heavy (non-hydrogen) atoms. The van der Waals surface area contributed by atoms with Crippen LogP contribution in [0.5, 0.6) is 5.75 Å². The van der Waals surface area contributed by atoms with Gasteiger partial charge in [0.05, 0.1) is 7.11 Å². The minimum absolute atomic E-state index is 0.0745. The predicted molar refractivity (Wildman–Crippen MR) is 71.7 cm³/mol. The summed E-state index contributed by atoms with van der Waals surface area (Å²) in [6.07, 6.45) is 4.43. The molecule has 1 aromatic carbocycles. The van der Waals surface area contributed by atoms with Gasteiger partial charge in [-0.1, -0.05) is 12.8 Å². The van der Waals surface area contributed by atoms with Crippen LogP contribution in [-0.2, 0) is 0 Å². The number of amides is 1. The van der Waals surface area contributed by atoms with Crippen LogP contribution in [0, 0.1) is 0 Å². The molecule has 0 aliphatic heterocycles. The molecule has 0 bridgehead atoms. The highest BCUT2D eigenvalue weighted by Gasteiger charge is 2.30.